The number of nitrogens with one attached hydrogen (secondary N) is 1. The first-order valence-electron chi connectivity index (χ1n) is 7.89. The molecule has 122 valence electrons. The fourth-order valence-electron chi connectivity index (χ4n) is 2.44. The van der Waals surface area contributed by atoms with Crippen LogP contribution in [0.25, 0.3) is 0 Å². The van der Waals surface area contributed by atoms with Gasteiger partial charge in [0.05, 0.1) is 13.0 Å². The zero-order valence-corrected chi connectivity index (χ0v) is 14.2. The van der Waals surface area contributed by atoms with Gasteiger partial charge in [-0.05, 0) is 54.5 Å². The van der Waals surface area contributed by atoms with E-state index in [4.69, 9.17) is 9.47 Å². The van der Waals surface area contributed by atoms with Crippen molar-refractivity contribution in [3.8, 4) is 11.5 Å². The number of thioether (sulfide) groups is 1. The minimum atomic E-state index is -0.108. The van der Waals surface area contributed by atoms with Gasteiger partial charge in [0.15, 0.2) is 0 Å². The molecule has 0 bridgehead atoms. The first-order valence-corrected chi connectivity index (χ1v) is 9.05. The van der Waals surface area contributed by atoms with E-state index < -0.39 is 0 Å². The summed E-state index contributed by atoms with van der Waals surface area (Å²) in [4.78, 5) is 12.2. The van der Waals surface area contributed by atoms with Gasteiger partial charge in [0.2, 0.25) is 5.91 Å². The zero-order valence-electron chi connectivity index (χ0n) is 13.4. The number of amides is 1. The number of hydrogen-bond acceptors (Lipinski definition) is 4. The molecule has 1 aromatic carbocycles. The van der Waals surface area contributed by atoms with Crippen molar-refractivity contribution in [3.63, 3.8) is 0 Å². The minimum Gasteiger partial charge on any atom is -0.497 e. The van der Waals surface area contributed by atoms with E-state index >= 15 is 0 Å². The van der Waals surface area contributed by atoms with E-state index in [0.29, 0.717) is 13.0 Å². The highest BCUT2D eigenvalue weighted by Crippen LogP contribution is 2.30. The molecule has 0 saturated heterocycles. The highest BCUT2D eigenvalue weighted by atomic mass is 32.2. The second-order valence-electron chi connectivity index (χ2n) is 5.44. The molecule has 1 aliphatic rings. The second-order valence-corrected chi connectivity index (χ2v) is 6.67. The summed E-state index contributed by atoms with van der Waals surface area (Å²) in [5.41, 5.74) is 1.05. The Hall–Kier alpha value is -1.36. The molecule has 1 amide bonds. The number of methoxy groups -OCH3 is 1. The van der Waals surface area contributed by atoms with Gasteiger partial charge in [-0.3, -0.25) is 4.79 Å². The molecule has 0 radical (unpaired) electrons. The fourth-order valence-corrected chi connectivity index (χ4v) is 3.28. The lowest BCUT2D eigenvalue weighted by atomic mass is 9.96. The van der Waals surface area contributed by atoms with Gasteiger partial charge in [-0.1, -0.05) is 6.92 Å². The first kappa shape index (κ1) is 17.0. The molecule has 22 heavy (non-hydrogen) atoms. The Morgan fingerprint density at radius 2 is 2.32 bits per heavy atom. The molecule has 2 rings (SSSR count). The average Bonchev–Trinajstić information content (AvgIpc) is 2.56. The lowest BCUT2D eigenvalue weighted by molar-refractivity contribution is -0.126. The first-order chi connectivity index (χ1) is 10.7. The summed E-state index contributed by atoms with van der Waals surface area (Å²) in [6, 6.07) is 5.75. The van der Waals surface area contributed by atoms with Crippen molar-refractivity contribution >= 4 is 17.7 Å². The summed E-state index contributed by atoms with van der Waals surface area (Å²) < 4.78 is 10.9. The van der Waals surface area contributed by atoms with Crippen LogP contribution in [0.2, 0.25) is 0 Å². The van der Waals surface area contributed by atoms with Crippen LogP contribution in [0.5, 0.6) is 11.5 Å². The summed E-state index contributed by atoms with van der Waals surface area (Å²) in [6.07, 6.45) is 2.94. The molecule has 0 unspecified atom stereocenters. The van der Waals surface area contributed by atoms with Crippen LogP contribution < -0.4 is 14.8 Å². The number of benzene rings is 1. The van der Waals surface area contributed by atoms with E-state index in [1.807, 2.05) is 30.0 Å². The van der Waals surface area contributed by atoms with Crippen molar-refractivity contribution in [3.05, 3.63) is 23.8 Å². The molecule has 0 spiro atoms. The third kappa shape index (κ3) is 4.83. The minimum absolute atomic E-state index is 0.0916. The van der Waals surface area contributed by atoms with Crippen LogP contribution in [0, 0.1) is 5.92 Å². The van der Waals surface area contributed by atoms with Crippen molar-refractivity contribution in [2.45, 2.75) is 26.2 Å². The van der Waals surface area contributed by atoms with Gasteiger partial charge in [-0.2, -0.15) is 11.8 Å². The molecule has 1 atom stereocenters. The Morgan fingerprint density at radius 1 is 1.45 bits per heavy atom. The van der Waals surface area contributed by atoms with Crippen LogP contribution in [0.1, 0.15) is 25.3 Å². The van der Waals surface area contributed by atoms with Crippen molar-refractivity contribution in [1.29, 1.82) is 0 Å². The summed E-state index contributed by atoms with van der Waals surface area (Å²) in [6.45, 7) is 3.39. The maximum absolute atomic E-state index is 12.2. The summed E-state index contributed by atoms with van der Waals surface area (Å²) >= 11 is 1.95. The smallest absolute Gasteiger partial charge is 0.226 e. The topological polar surface area (TPSA) is 47.6 Å². The summed E-state index contributed by atoms with van der Waals surface area (Å²) in [7, 11) is 1.64. The van der Waals surface area contributed by atoms with Crippen LogP contribution in [0.15, 0.2) is 18.2 Å². The standard InChI is InChI=1S/C17H25NO3S/c1-3-8-22-9-4-7-18-17(19)14-10-13-11-15(20-2)5-6-16(13)21-12-14/h5-6,11,14H,3-4,7-10,12H2,1-2H3,(H,18,19)/t14-/m1/s1. The largest absolute Gasteiger partial charge is 0.497 e. The molecule has 0 fully saturated rings. The van der Waals surface area contributed by atoms with E-state index in [1.165, 1.54) is 12.2 Å². The van der Waals surface area contributed by atoms with Crippen LogP contribution >= 0.6 is 11.8 Å². The predicted molar refractivity (Wildman–Crippen MR) is 90.9 cm³/mol. The van der Waals surface area contributed by atoms with Crippen LogP contribution in [0.3, 0.4) is 0 Å². The SMILES string of the molecule is CCCSCCCNC(=O)[C@H]1COc2ccc(OC)cc2C1. The monoisotopic (exact) mass is 323 g/mol. The van der Waals surface area contributed by atoms with Gasteiger partial charge < -0.3 is 14.8 Å². The van der Waals surface area contributed by atoms with E-state index in [-0.39, 0.29) is 11.8 Å². The van der Waals surface area contributed by atoms with Crippen molar-refractivity contribution in [2.24, 2.45) is 5.92 Å². The average molecular weight is 323 g/mol. The molecule has 0 saturated carbocycles. The number of carbonyl (C=O) groups is 1. The predicted octanol–water partition coefficient (Wildman–Crippen LogP) is 2.90. The van der Waals surface area contributed by atoms with Crippen LogP contribution in [-0.2, 0) is 11.2 Å². The number of ether oxygens (including phenoxy) is 2. The maximum Gasteiger partial charge on any atom is 0.226 e. The lowest BCUT2D eigenvalue weighted by Gasteiger charge is -2.25. The number of hydrogen-bond donors (Lipinski definition) is 1. The van der Waals surface area contributed by atoms with Gasteiger partial charge in [0.1, 0.15) is 18.1 Å². The van der Waals surface area contributed by atoms with E-state index in [9.17, 15) is 4.79 Å². The Morgan fingerprint density at radius 3 is 3.09 bits per heavy atom. The highest BCUT2D eigenvalue weighted by molar-refractivity contribution is 7.99. The molecular weight excluding hydrogens is 298 g/mol. The lowest BCUT2D eigenvalue weighted by Crippen LogP contribution is -2.37. The Kier molecular flexibility index (Phi) is 6.90. The quantitative estimate of drug-likeness (QED) is 0.747. The fraction of sp³-hybridized carbons (Fsp3) is 0.588. The summed E-state index contributed by atoms with van der Waals surface area (Å²) in [5.74, 6) is 3.95. The van der Waals surface area contributed by atoms with Crippen molar-refractivity contribution in [1.82, 2.24) is 5.32 Å². The summed E-state index contributed by atoms with van der Waals surface area (Å²) in [5, 5.41) is 3.03. The van der Waals surface area contributed by atoms with Crippen LogP contribution in [0.4, 0.5) is 0 Å². The van der Waals surface area contributed by atoms with E-state index in [0.717, 1.165) is 35.8 Å². The molecule has 0 aliphatic carbocycles. The Balaban J connectivity index is 1.77. The molecule has 1 aliphatic heterocycles. The molecule has 5 heteroatoms. The van der Waals surface area contributed by atoms with Gasteiger partial charge in [-0.15, -0.1) is 0 Å². The Labute approximate surface area is 137 Å². The van der Waals surface area contributed by atoms with Gasteiger partial charge >= 0.3 is 0 Å². The van der Waals surface area contributed by atoms with E-state index in [1.54, 1.807) is 7.11 Å². The van der Waals surface area contributed by atoms with E-state index in [2.05, 4.69) is 12.2 Å². The third-order valence-corrected chi connectivity index (χ3v) is 4.93. The molecule has 4 nitrogen and oxygen atoms in total. The number of carbonyl (C=O) groups excluding carboxylic acids is 1. The Bertz CT molecular complexity index is 493. The normalized spacial score (nSPS) is 16.5. The molecular formula is C17H25NO3S. The molecule has 1 N–H and O–H groups in total. The molecule has 1 heterocycles. The number of fused-ring (bicyclic) bond motifs is 1. The van der Waals surface area contributed by atoms with Crippen LogP contribution in [-0.4, -0.2) is 37.7 Å². The van der Waals surface area contributed by atoms with Gasteiger partial charge in [-0.25, -0.2) is 0 Å². The second kappa shape index (κ2) is 8.93. The van der Waals surface area contributed by atoms with Crippen molar-refractivity contribution < 1.29 is 14.3 Å². The zero-order chi connectivity index (χ0) is 15.8. The highest BCUT2D eigenvalue weighted by Gasteiger charge is 2.26. The van der Waals surface area contributed by atoms with Gasteiger partial charge in [0.25, 0.3) is 0 Å². The van der Waals surface area contributed by atoms with Gasteiger partial charge in [0, 0.05) is 6.54 Å². The molecule has 0 aromatic heterocycles. The molecule has 1 aromatic rings. The maximum atomic E-state index is 12.2. The van der Waals surface area contributed by atoms with Crippen molar-refractivity contribution in [2.75, 3.05) is 31.8 Å². The third-order valence-electron chi connectivity index (χ3n) is 3.66. The number of rotatable bonds is 8.